The lowest BCUT2D eigenvalue weighted by Crippen LogP contribution is -2.49. The second-order valence-electron chi connectivity index (χ2n) is 12.6. The Kier molecular flexibility index (Phi) is 7.81. The third-order valence-electron chi connectivity index (χ3n) is 8.79. The van der Waals surface area contributed by atoms with Gasteiger partial charge in [-0.3, -0.25) is 0 Å². The first kappa shape index (κ1) is 30.1. The van der Waals surface area contributed by atoms with Crippen molar-refractivity contribution in [2.45, 2.75) is 38.9 Å². The van der Waals surface area contributed by atoms with E-state index in [2.05, 4.69) is 91.0 Å². The average molecular weight is 618 g/mol. The molecule has 46 heavy (non-hydrogen) atoms. The molecular weight excluding hydrogens is 583 g/mol. The molecule has 0 saturated heterocycles. The van der Waals surface area contributed by atoms with Crippen LogP contribution in [-0.4, -0.2) is 33.8 Å². The van der Waals surface area contributed by atoms with E-state index in [1.165, 1.54) is 15.6 Å². The van der Waals surface area contributed by atoms with Crippen molar-refractivity contribution in [3.63, 3.8) is 0 Å². The molecule has 2 heterocycles. The van der Waals surface area contributed by atoms with Crippen LogP contribution in [0, 0.1) is 0 Å². The Morgan fingerprint density at radius 3 is 1.89 bits per heavy atom. The van der Waals surface area contributed by atoms with Gasteiger partial charge in [-0.25, -0.2) is 9.97 Å². The van der Waals surface area contributed by atoms with Crippen LogP contribution in [-0.2, 0) is 4.65 Å². The van der Waals surface area contributed by atoms with Gasteiger partial charge in [0, 0.05) is 36.9 Å². The molecule has 6 heteroatoms. The maximum absolute atomic E-state index is 10.7. The van der Waals surface area contributed by atoms with Gasteiger partial charge in [-0.2, -0.15) is 0 Å². The standard InChI is InChI=1S/C40H34BN2O2S/c1-39(2,44)40(3,4)45-41-30-23-32-31-17-11-12-18-36(31)46-37(32)33(24-30)35-25-34(42-38(43-35)29-15-9-6-10-16-29)28-21-19-27(20-22-28)26-13-7-5-8-14-26/h5-25,44H,1-4H3. The van der Waals surface area contributed by atoms with Crippen molar-refractivity contribution in [3.05, 3.63) is 127 Å². The normalized spacial score (nSPS) is 12.1. The molecular formula is C40H34BN2O2S. The van der Waals surface area contributed by atoms with Crippen molar-refractivity contribution in [2.75, 3.05) is 0 Å². The molecule has 7 aromatic rings. The fourth-order valence-electron chi connectivity index (χ4n) is 5.38. The highest BCUT2D eigenvalue weighted by atomic mass is 32.1. The molecule has 0 atom stereocenters. The Labute approximate surface area is 274 Å². The highest BCUT2D eigenvalue weighted by Gasteiger charge is 2.35. The average Bonchev–Trinajstić information content (AvgIpc) is 3.46. The van der Waals surface area contributed by atoms with Gasteiger partial charge in [0.1, 0.15) is 0 Å². The molecule has 0 fully saturated rings. The number of rotatable bonds is 8. The van der Waals surface area contributed by atoms with Crippen molar-refractivity contribution < 1.29 is 9.76 Å². The molecule has 0 saturated carbocycles. The second-order valence-corrected chi connectivity index (χ2v) is 13.7. The summed E-state index contributed by atoms with van der Waals surface area (Å²) in [5.41, 5.74) is 6.08. The van der Waals surface area contributed by atoms with Gasteiger partial charge >= 0.3 is 7.48 Å². The van der Waals surface area contributed by atoms with Crippen LogP contribution in [0.3, 0.4) is 0 Å². The third kappa shape index (κ3) is 5.88. The molecule has 0 amide bonds. The van der Waals surface area contributed by atoms with Gasteiger partial charge in [0.15, 0.2) is 5.82 Å². The minimum Gasteiger partial charge on any atom is -0.427 e. The van der Waals surface area contributed by atoms with Crippen molar-refractivity contribution in [3.8, 4) is 45.0 Å². The first-order valence-electron chi connectivity index (χ1n) is 15.5. The van der Waals surface area contributed by atoms with Crippen LogP contribution < -0.4 is 5.46 Å². The zero-order chi connectivity index (χ0) is 31.9. The summed E-state index contributed by atoms with van der Waals surface area (Å²) in [6.07, 6.45) is 0. The number of aromatic nitrogens is 2. The van der Waals surface area contributed by atoms with E-state index in [0.29, 0.717) is 5.82 Å². The van der Waals surface area contributed by atoms with Crippen LogP contribution in [0.5, 0.6) is 0 Å². The summed E-state index contributed by atoms with van der Waals surface area (Å²) in [6.45, 7) is 7.33. The fourth-order valence-corrected chi connectivity index (χ4v) is 6.59. The second kappa shape index (κ2) is 12.0. The van der Waals surface area contributed by atoms with E-state index in [-0.39, 0.29) is 0 Å². The Morgan fingerprint density at radius 1 is 0.609 bits per heavy atom. The summed E-state index contributed by atoms with van der Waals surface area (Å²) >= 11 is 1.77. The predicted molar refractivity (Wildman–Crippen MR) is 194 cm³/mol. The summed E-state index contributed by atoms with van der Waals surface area (Å²) in [6, 6.07) is 44.0. The van der Waals surface area contributed by atoms with Crippen LogP contribution in [0.4, 0.5) is 0 Å². The molecule has 0 aliphatic carbocycles. The fraction of sp³-hybridized carbons (Fsp3) is 0.150. The molecule has 0 bridgehead atoms. The molecule has 7 rings (SSSR count). The van der Waals surface area contributed by atoms with E-state index < -0.39 is 11.2 Å². The lowest BCUT2D eigenvalue weighted by Gasteiger charge is -2.37. The number of thiophene rings is 1. The van der Waals surface area contributed by atoms with Gasteiger partial charge in [-0.05, 0) is 51.0 Å². The minimum atomic E-state index is -1.03. The largest absolute Gasteiger partial charge is 0.427 e. The van der Waals surface area contributed by atoms with E-state index in [0.717, 1.165) is 49.2 Å². The van der Waals surface area contributed by atoms with E-state index in [1.807, 2.05) is 50.2 Å². The molecule has 0 aliphatic heterocycles. The third-order valence-corrected chi connectivity index (χ3v) is 10.0. The van der Waals surface area contributed by atoms with Crippen molar-refractivity contribution in [1.82, 2.24) is 9.97 Å². The van der Waals surface area contributed by atoms with E-state index >= 15 is 0 Å². The Bertz CT molecular complexity index is 2150. The number of aliphatic hydroxyl groups is 1. The highest BCUT2D eigenvalue weighted by Crippen LogP contribution is 2.40. The van der Waals surface area contributed by atoms with Gasteiger partial charge in [-0.1, -0.05) is 121 Å². The van der Waals surface area contributed by atoms with Crippen LogP contribution in [0.1, 0.15) is 27.7 Å². The van der Waals surface area contributed by atoms with Crippen molar-refractivity contribution in [1.29, 1.82) is 0 Å². The number of fused-ring (bicyclic) bond motifs is 3. The monoisotopic (exact) mass is 617 g/mol. The molecule has 4 nitrogen and oxygen atoms in total. The minimum absolute atomic E-state index is 0.670. The van der Waals surface area contributed by atoms with E-state index in [9.17, 15) is 5.11 Å². The van der Waals surface area contributed by atoms with Gasteiger partial charge in [-0.15, -0.1) is 11.3 Å². The van der Waals surface area contributed by atoms with Gasteiger partial charge in [0.2, 0.25) is 0 Å². The zero-order valence-electron chi connectivity index (χ0n) is 26.4. The lowest BCUT2D eigenvalue weighted by molar-refractivity contribution is -0.0893. The summed E-state index contributed by atoms with van der Waals surface area (Å²) in [7, 11) is 1.76. The SMILES string of the molecule is CC(C)(O)C(C)(C)O[B]c1cc(-c2cc(-c3ccc(-c4ccccc4)cc3)nc(-c3ccccc3)n2)c2sc3ccccc3c2c1. The molecule has 0 aliphatic rings. The zero-order valence-corrected chi connectivity index (χ0v) is 27.2. The topological polar surface area (TPSA) is 55.2 Å². The smallest absolute Gasteiger partial charge is 0.330 e. The maximum atomic E-state index is 10.7. The van der Waals surface area contributed by atoms with Crippen LogP contribution in [0.15, 0.2) is 127 Å². The Balaban J connectivity index is 1.40. The number of benzene rings is 5. The number of hydrogen-bond acceptors (Lipinski definition) is 5. The van der Waals surface area contributed by atoms with E-state index in [4.69, 9.17) is 14.6 Å². The molecule has 1 N–H and O–H groups in total. The molecule has 2 aromatic heterocycles. The van der Waals surface area contributed by atoms with Crippen LogP contribution in [0.25, 0.3) is 65.2 Å². The number of nitrogens with zero attached hydrogens (tertiary/aromatic N) is 2. The highest BCUT2D eigenvalue weighted by molar-refractivity contribution is 7.26. The van der Waals surface area contributed by atoms with E-state index in [1.54, 1.807) is 32.7 Å². The molecule has 225 valence electrons. The first-order chi connectivity index (χ1) is 22.2. The van der Waals surface area contributed by atoms with Gasteiger partial charge in [0.25, 0.3) is 0 Å². The molecule has 0 spiro atoms. The quantitative estimate of drug-likeness (QED) is 0.173. The summed E-state index contributed by atoms with van der Waals surface area (Å²) in [4.78, 5) is 10.2. The molecule has 0 unspecified atom stereocenters. The molecule has 5 aromatic carbocycles. The summed E-state index contributed by atoms with van der Waals surface area (Å²) < 4.78 is 8.60. The Hall–Kier alpha value is -4.62. The number of hydrogen-bond donors (Lipinski definition) is 1. The lowest BCUT2D eigenvalue weighted by atomic mass is 9.81. The van der Waals surface area contributed by atoms with Crippen molar-refractivity contribution >= 4 is 44.5 Å². The Morgan fingerprint density at radius 2 is 1.20 bits per heavy atom. The molecule has 1 radical (unpaired) electrons. The van der Waals surface area contributed by atoms with Crippen LogP contribution in [0.2, 0.25) is 0 Å². The first-order valence-corrected chi connectivity index (χ1v) is 16.3. The summed E-state index contributed by atoms with van der Waals surface area (Å²) in [5.74, 6) is 0.670. The van der Waals surface area contributed by atoms with Crippen LogP contribution >= 0.6 is 11.3 Å². The maximum Gasteiger partial charge on any atom is 0.330 e. The van der Waals surface area contributed by atoms with Gasteiger partial charge < -0.3 is 9.76 Å². The predicted octanol–water partition coefficient (Wildman–Crippen LogP) is 9.32. The van der Waals surface area contributed by atoms with Gasteiger partial charge in [0.05, 0.1) is 22.6 Å². The summed E-state index contributed by atoms with van der Waals surface area (Å²) in [5, 5.41) is 13.1. The van der Waals surface area contributed by atoms with Crippen molar-refractivity contribution in [2.24, 2.45) is 0 Å².